The van der Waals surface area contributed by atoms with E-state index in [4.69, 9.17) is 21.1 Å². The first-order valence-corrected chi connectivity index (χ1v) is 17.3. The van der Waals surface area contributed by atoms with E-state index >= 15 is 0 Å². The molecule has 4 bridgehead atoms. The minimum Gasteiger partial charge on any atom is -0.444 e. The van der Waals surface area contributed by atoms with Gasteiger partial charge in [0.15, 0.2) is 0 Å². The van der Waals surface area contributed by atoms with Crippen LogP contribution in [0.25, 0.3) is 22.1 Å². The zero-order valence-corrected chi connectivity index (χ0v) is 29.8. The number of carbonyl (C=O) groups excluding carboxylic acids is 2. The fourth-order valence-electron chi connectivity index (χ4n) is 7.03. The molecule has 3 N–H and O–H groups in total. The summed E-state index contributed by atoms with van der Waals surface area (Å²) in [5, 5.41) is 5.73. The van der Waals surface area contributed by atoms with Gasteiger partial charge < -0.3 is 29.7 Å². The minimum atomic E-state index is -0.461. The molecule has 4 fully saturated rings. The highest BCUT2D eigenvalue weighted by molar-refractivity contribution is 6.33. The Bertz CT molecular complexity index is 1730. The van der Waals surface area contributed by atoms with Crippen LogP contribution in [0.2, 0.25) is 5.15 Å². The van der Waals surface area contributed by atoms with Gasteiger partial charge in [0.2, 0.25) is 0 Å². The fourth-order valence-corrected chi connectivity index (χ4v) is 7.23. The molecule has 4 atom stereocenters. The van der Waals surface area contributed by atoms with Gasteiger partial charge in [-0.1, -0.05) is 11.6 Å². The second-order valence-electron chi connectivity index (χ2n) is 15.0. The Balaban J connectivity index is 0.000000141. The number of anilines is 1. The number of amides is 2. The number of aromatic nitrogens is 6. The second-order valence-corrected chi connectivity index (χ2v) is 15.3. The quantitative estimate of drug-likeness (QED) is 0.217. The molecule has 4 aromatic rings. The maximum absolute atomic E-state index is 12.5. The lowest BCUT2D eigenvalue weighted by Gasteiger charge is -2.41. The predicted molar refractivity (Wildman–Crippen MR) is 188 cm³/mol. The van der Waals surface area contributed by atoms with Crippen LogP contribution >= 0.6 is 11.6 Å². The normalized spacial score (nSPS) is 23.1. The highest BCUT2D eigenvalue weighted by atomic mass is 35.5. The van der Waals surface area contributed by atoms with Gasteiger partial charge in [-0.25, -0.2) is 29.5 Å². The number of halogens is 1. The Kier molecular flexibility index (Phi) is 9.90. The van der Waals surface area contributed by atoms with E-state index in [9.17, 15) is 9.59 Å². The molecular weight excluding hydrogens is 648 g/mol. The van der Waals surface area contributed by atoms with Gasteiger partial charge in [-0.2, -0.15) is 0 Å². The summed E-state index contributed by atoms with van der Waals surface area (Å²) in [6.07, 6.45) is 10.6. The first kappa shape index (κ1) is 34.7. The van der Waals surface area contributed by atoms with Crippen molar-refractivity contribution in [3.63, 3.8) is 0 Å². The van der Waals surface area contributed by atoms with Crippen LogP contribution in [0.4, 0.5) is 15.4 Å². The van der Waals surface area contributed by atoms with Crippen molar-refractivity contribution in [2.75, 3.05) is 31.1 Å². The summed E-state index contributed by atoms with van der Waals surface area (Å²) in [7, 11) is 0. The highest BCUT2D eigenvalue weighted by Gasteiger charge is 2.45. The average Bonchev–Trinajstić information content (AvgIpc) is 3.81. The molecule has 8 heterocycles. The smallest absolute Gasteiger partial charge is 0.410 e. The van der Waals surface area contributed by atoms with Crippen molar-refractivity contribution in [3.8, 4) is 0 Å². The van der Waals surface area contributed by atoms with E-state index in [0.717, 1.165) is 79.7 Å². The van der Waals surface area contributed by atoms with Crippen molar-refractivity contribution < 1.29 is 19.1 Å². The number of nitrogens with zero attached hydrogens (tertiary/aromatic N) is 7. The van der Waals surface area contributed by atoms with Gasteiger partial charge >= 0.3 is 12.2 Å². The van der Waals surface area contributed by atoms with Crippen LogP contribution in [0.5, 0.6) is 0 Å². The van der Waals surface area contributed by atoms with Crippen molar-refractivity contribution in [2.24, 2.45) is 0 Å². The molecule has 4 aliphatic heterocycles. The maximum atomic E-state index is 12.5. The summed E-state index contributed by atoms with van der Waals surface area (Å²) >= 11 is 5.73. The Morgan fingerprint density at radius 3 is 1.71 bits per heavy atom. The molecule has 0 radical (unpaired) electrons. The first-order chi connectivity index (χ1) is 23.3. The number of hydrogen-bond donors (Lipinski definition) is 3. The topological polar surface area (TPSA) is 157 Å². The monoisotopic (exact) mass is 694 g/mol. The number of H-pyrrole nitrogens is 2. The number of hydrogen-bond acceptors (Lipinski definition) is 10. The molecule has 0 aromatic carbocycles. The van der Waals surface area contributed by atoms with E-state index < -0.39 is 5.60 Å². The summed E-state index contributed by atoms with van der Waals surface area (Å²) in [4.78, 5) is 53.2. The van der Waals surface area contributed by atoms with Gasteiger partial charge in [0.05, 0.1) is 22.9 Å². The van der Waals surface area contributed by atoms with Gasteiger partial charge in [-0.15, -0.1) is 0 Å². The van der Waals surface area contributed by atoms with E-state index in [-0.39, 0.29) is 29.9 Å². The third kappa shape index (κ3) is 8.01. The molecule has 8 rings (SSSR count). The maximum Gasteiger partial charge on any atom is 0.410 e. The molecule has 0 spiro atoms. The zero-order valence-electron chi connectivity index (χ0n) is 29.1. The number of rotatable bonds is 1. The van der Waals surface area contributed by atoms with E-state index in [1.54, 1.807) is 12.5 Å². The van der Waals surface area contributed by atoms with Gasteiger partial charge in [0.25, 0.3) is 0 Å². The van der Waals surface area contributed by atoms with Crippen LogP contribution in [-0.4, -0.2) is 113 Å². The number of carbonyl (C=O) groups is 2. The van der Waals surface area contributed by atoms with Crippen LogP contribution in [-0.2, 0) is 9.47 Å². The number of piperazine rings is 2. The molecule has 264 valence electrons. The predicted octanol–water partition coefficient (Wildman–Crippen LogP) is 5.52. The van der Waals surface area contributed by atoms with Gasteiger partial charge in [0, 0.05) is 50.7 Å². The van der Waals surface area contributed by atoms with Gasteiger partial charge in [-0.05, 0) is 79.4 Å². The molecule has 4 aromatic heterocycles. The molecule has 0 aliphatic carbocycles. The van der Waals surface area contributed by atoms with E-state index in [2.05, 4.69) is 40.1 Å². The summed E-state index contributed by atoms with van der Waals surface area (Å²) < 4.78 is 11.0. The largest absolute Gasteiger partial charge is 0.444 e. The second kappa shape index (κ2) is 14.0. The third-order valence-electron chi connectivity index (χ3n) is 9.01. The third-order valence-corrected chi connectivity index (χ3v) is 9.31. The van der Waals surface area contributed by atoms with Crippen LogP contribution in [0.1, 0.15) is 67.2 Å². The van der Waals surface area contributed by atoms with Crippen molar-refractivity contribution in [2.45, 2.75) is 103 Å². The number of aromatic amines is 2. The van der Waals surface area contributed by atoms with E-state index in [1.807, 2.05) is 69.7 Å². The number of fused-ring (bicyclic) bond motifs is 6. The van der Waals surface area contributed by atoms with Crippen molar-refractivity contribution in [3.05, 3.63) is 42.3 Å². The summed E-state index contributed by atoms with van der Waals surface area (Å²) in [6, 6.07) is 4.91. The van der Waals surface area contributed by atoms with E-state index in [0.29, 0.717) is 17.2 Å². The van der Waals surface area contributed by atoms with Crippen molar-refractivity contribution in [1.82, 2.24) is 45.0 Å². The van der Waals surface area contributed by atoms with Crippen molar-refractivity contribution in [1.29, 1.82) is 0 Å². The molecular formula is C34H47ClN10O4. The molecule has 49 heavy (non-hydrogen) atoms. The highest BCUT2D eigenvalue weighted by Crippen LogP contribution is 2.35. The molecule has 4 aliphatic rings. The Hall–Kier alpha value is -4.17. The summed E-state index contributed by atoms with van der Waals surface area (Å²) in [5.74, 6) is 0.946. The molecule has 2 amide bonds. The van der Waals surface area contributed by atoms with Crippen LogP contribution in [0.15, 0.2) is 37.2 Å². The molecule has 4 saturated heterocycles. The Morgan fingerprint density at radius 2 is 1.18 bits per heavy atom. The lowest BCUT2D eigenvalue weighted by atomic mass is 10.1. The molecule has 15 heteroatoms. The molecule has 0 saturated carbocycles. The lowest BCUT2D eigenvalue weighted by Crippen LogP contribution is -2.57. The van der Waals surface area contributed by atoms with Crippen LogP contribution in [0.3, 0.4) is 0 Å². The summed E-state index contributed by atoms with van der Waals surface area (Å²) in [5.41, 5.74) is 0.779. The first-order valence-electron chi connectivity index (χ1n) is 17.0. The Morgan fingerprint density at radius 1 is 0.714 bits per heavy atom. The fraction of sp³-hybridized carbons (Fsp3) is 0.588. The summed E-state index contributed by atoms with van der Waals surface area (Å²) in [6.45, 7) is 14.9. The zero-order chi connectivity index (χ0) is 34.9. The van der Waals surface area contributed by atoms with Crippen LogP contribution < -0.4 is 10.2 Å². The number of nitrogens with one attached hydrogen (secondary N) is 3. The Labute approximate surface area is 291 Å². The van der Waals surface area contributed by atoms with Gasteiger partial charge in [-0.3, -0.25) is 9.80 Å². The average molecular weight is 695 g/mol. The minimum absolute atomic E-state index is 0.142. The van der Waals surface area contributed by atoms with Crippen molar-refractivity contribution >= 4 is 51.7 Å². The van der Waals surface area contributed by atoms with E-state index in [1.165, 1.54) is 6.33 Å². The number of ether oxygens (including phenoxy) is 2. The standard InChI is InChI=1S/C17H23N5O2.C11H20N2O2.C6H4ClN3/c1-17(2,3)24-16(23)22-11-4-5-12(22)9-21(8-11)15-13-6-7-18-14(13)19-10-20-15;1-11(2,3)15-10(14)13-8-4-5-9(13)7-12-6-8;7-5-4-1-2-8-6(4)10-3-9-5/h6-7,10-12H,4-5,8-9H2,1-3H3,(H,18,19,20);8-9,12H,4-7H2,1-3H3;1-3H,(H,8,9,10). The molecule has 14 nitrogen and oxygen atoms in total. The van der Waals surface area contributed by atoms with Gasteiger partial charge in [0.1, 0.15) is 46.1 Å². The van der Waals surface area contributed by atoms with Crippen LogP contribution in [0, 0.1) is 0 Å². The lowest BCUT2D eigenvalue weighted by molar-refractivity contribution is 0.00973. The molecule has 4 unspecified atom stereocenters. The SMILES string of the molecule is CC(C)(C)OC(=O)N1C2CCC1CN(c1ncnc3[nH]ccc13)C2.CC(C)(C)OC(=O)N1C2CCC1CNC2.Clc1ncnc2[nH]ccc12.